The van der Waals surface area contributed by atoms with E-state index in [1.807, 2.05) is 25.2 Å². The van der Waals surface area contributed by atoms with E-state index in [1.165, 1.54) is 17.7 Å². The lowest BCUT2D eigenvalue weighted by Crippen LogP contribution is -2.27. The zero-order valence-corrected chi connectivity index (χ0v) is 12.0. The molecule has 1 N–H and O–H groups in total. The van der Waals surface area contributed by atoms with Gasteiger partial charge in [-0.1, -0.05) is 30.3 Å². The summed E-state index contributed by atoms with van der Waals surface area (Å²) in [5.74, 6) is -0.200. The van der Waals surface area contributed by atoms with Gasteiger partial charge in [0, 0.05) is 12.7 Å². The molecule has 0 saturated carbocycles. The van der Waals surface area contributed by atoms with Gasteiger partial charge in [0.2, 0.25) is 0 Å². The van der Waals surface area contributed by atoms with Gasteiger partial charge in [0.15, 0.2) is 0 Å². The van der Waals surface area contributed by atoms with Gasteiger partial charge >= 0.3 is 0 Å². The lowest BCUT2D eigenvalue weighted by atomic mass is 10.0. The Kier molecular flexibility index (Phi) is 5.13. The molecule has 2 rings (SSSR count). The summed E-state index contributed by atoms with van der Waals surface area (Å²) in [5, 5.41) is 3.20. The zero-order valence-electron chi connectivity index (χ0n) is 12.0. The van der Waals surface area contributed by atoms with Crippen LogP contribution >= 0.6 is 0 Å². The van der Waals surface area contributed by atoms with Crippen LogP contribution in [0.3, 0.4) is 0 Å². The number of nitrogens with zero attached hydrogens (tertiary/aromatic N) is 1. The first-order valence-electron chi connectivity index (χ1n) is 6.90. The summed E-state index contributed by atoms with van der Waals surface area (Å²) in [6.07, 6.45) is 0.994. The minimum Gasteiger partial charge on any atom is -0.367 e. The van der Waals surface area contributed by atoms with Crippen molar-refractivity contribution in [2.45, 2.75) is 12.5 Å². The van der Waals surface area contributed by atoms with Gasteiger partial charge in [-0.25, -0.2) is 4.39 Å². The van der Waals surface area contributed by atoms with Crippen molar-refractivity contribution in [1.29, 1.82) is 0 Å². The molecule has 1 atom stereocenters. The normalized spacial score (nSPS) is 12.2. The third-order valence-electron chi connectivity index (χ3n) is 3.55. The smallest absolute Gasteiger partial charge is 0.123 e. The molecule has 106 valence electrons. The second kappa shape index (κ2) is 7.06. The molecule has 0 amide bonds. The maximum atomic E-state index is 13.0. The third kappa shape index (κ3) is 3.58. The Morgan fingerprint density at radius 2 is 1.70 bits per heavy atom. The molecule has 0 heterocycles. The minimum atomic E-state index is -0.200. The fourth-order valence-corrected chi connectivity index (χ4v) is 2.40. The van der Waals surface area contributed by atoms with Gasteiger partial charge in [-0.3, -0.25) is 0 Å². The fraction of sp³-hybridized carbons (Fsp3) is 0.294. The Hall–Kier alpha value is -1.87. The van der Waals surface area contributed by atoms with Gasteiger partial charge in [-0.15, -0.1) is 0 Å². The molecule has 0 aliphatic heterocycles. The van der Waals surface area contributed by atoms with Crippen molar-refractivity contribution >= 4 is 5.69 Å². The van der Waals surface area contributed by atoms with Gasteiger partial charge in [-0.2, -0.15) is 0 Å². The van der Waals surface area contributed by atoms with Gasteiger partial charge in [0.1, 0.15) is 5.82 Å². The van der Waals surface area contributed by atoms with Crippen LogP contribution in [0.15, 0.2) is 54.6 Å². The predicted octanol–water partition coefficient (Wildman–Crippen LogP) is 3.61. The van der Waals surface area contributed by atoms with E-state index >= 15 is 0 Å². The Morgan fingerprint density at radius 1 is 1.05 bits per heavy atom. The lowest BCUT2D eigenvalue weighted by molar-refractivity contribution is 0.585. The molecule has 0 spiro atoms. The van der Waals surface area contributed by atoms with E-state index in [1.54, 1.807) is 0 Å². The topological polar surface area (TPSA) is 15.3 Å². The quantitative estimate of drug-likeness (QED) is 0.864. The van der Waals surface area contributed by atoms with Crippen LogP contribution in [-0.4, -0.2) is 20.6 Å². The second-order valence-electron chi connectivity index (χ2n) is 4.91. The largest absolute Gasteiger partial charge is 0.367 e. The van der Waals surface area contributed by atoms with Crippen molar-refractivity contribution in [3.05, 3.63) is 66.0 Å². The van der Waals surface area contributed by atoms with Crippen LogP contribution in [-0.2, 0) is 0 Å². The molecule has 2 aromatic rings. The first kappa shape index (κ1) is 14.5. The van der Waals surface area contributed by atoms with E-state index in [2.05, 4.69) is 41.5 Å². The minimum absolute atomic E-state index is 0.200. The molecule has 0 aliphatic carbocycles. The van der Waals surface area contributed by atoms with E-state index in [0.29, 0.717) is 0 Å². The predicted molar refractivity (Wildman–Crippen MR) is 82.5 cm³/mol. The van der Waals surface area contributed by atoms with Crippen LogP contribution in [0.4, 0.5) is 10.1 Å². The average Bonchev–Trinajstić information content (AvgIpc) is 2.49. The Labute approximate surface area is 120 Å². The van der Waals surface area contributed by atoms with E-state index < -0.39 is 0 Å². The van der Waals surface area contributed by atoms with Crippen molar-refractivity contribution < 1.29 is 4.39 Å². The zero-order chi connectivity index (χ0) is 14.4. The number of hydrogen-bond donors (Lipinski definition) is 1. The van der Waals surface area contributed by atoms with E-state index in [0.717, 1.165) is 18.7 Å². The molecule has 20 heavy (non-hydrogen) atoms. The molecule has 2 aromatic carbocycles. The van der Waals surface area contributed by atoms with Gasteiger partial charge in [0.05, 0.1) is 6.04 Å². The maximum Gasteiger partial charge on any atom is 0.123 e. The van der Waals surface area contributed by atoms with Crippen molar-refractivity contribution in [1.82, 2.24) is 5.32 Å². The molecular weight excluding hydrogens is 251 g/mol. The Morgan fingerprint density at radius 3 is 2.30 bits per heavy atom. The number of nitrogens with one attached hydrogen (secondary N) is 1. The van der Waals surface area contributed by atoms with Crippen molar-refractivity contribution in [3.63, 3.8) is 0 Å². The molecule has 0 bridgehead atoms. The number of benzene rings is 2. The first-order valence-corrected chi connectivity index (χ1v) is 6.90. The van der Waals surface area contributed by atoms with Crippen LogP contribution in [0.25, 0.3) is 0 Å². The highest BCUT2D eigenvalue weighted by Crippen LogP contribution is 2.28. The Balaban J connectivity index is 2.23. The highest BCUT2D eigenvalue weighted by molar-refractivity contribution is 5.48. The van der Waals surface area contributed by atoms with Crippen LogP contribution in [0.5, 0.6) is 0 Å². The lowest BCUT2D eigenvalue weighted by Gasteiger charge is -2.30. The summed E-state index contributed by atoms with van der Waals surface area (Å²) in [6.45, 7) is 0.936. The number of anilines is 1. The summed E-state index contributed by atoms with van der Waals surface area (Å²) in [4.78, 5) is 2.20. The van der Waals surface area contributed by atoms with Crippen molar-refractivity contribution in [2.75, 3.05) is 25.5 Å². The van der Waals surface area contributed by atoms with E-state index in [4.69, 9.17) is 0 Å². The number of rotatable bonds is 6. The first-order chi connectivity index (χ1) is 9.72. The van der Waals surface area contributed by atoms with Crippen molar-refractivity contribution in [3.8, 4) is 0 Å². The van der Waals surface area contributed by atoms with Crippen LogP contribution in [0.2, 0.25) is 0 Å². The second-order valence-corrected chi connectivity index (χ2v) is 4.91. The monoisotopic (exact) mass is 272 g/mol. The standard InChI is InChI=1S/C17H21FN2/c1-19-13-12-17(14-6-4-3-5-7-14)20(2)16-10-8-15(18)9-11-16/h3-11,17,19H,12-13H2,1-2H3. The molecule has 0 fully saturated rings. The van der Waals surface area contributed by atoms with Gasteiger partial charge in [0.25, 0.3) is 0 Å². The summed E-state index contributed by atoms with van der Waals surface area (Å²) in [6, 6.07) is 17.3. The van der Waals surface area contributed by atoms with Gasteiger partial charge < -0.3 is 10.2 Å². The number of hydrogen-bond acceptors (Lipinski definition) is 2. The highest BCUT2D eigenvalue weighted by atomic mass is 19.1. The van der Waals surface area contributed by atoms with E-state index in [-0.39, 0.29) is 11.9 Å². The molecule has 1 unspecified atom stereocenters. The summed E-state index contributed by atoms with van der Waals surface area (Å²) in [7, 11) is 4.01. The van der Waals surface area contributed by atoms with E-state index in [9.17, 15) is 4.39 Å². The third-order valence-corrected chi connectivity index (χ3v) is 3.55. The highest BCUT2D eigenvalue weighted by Gasteiger charge is 2.16. The van der Waals surface area contributed by atoms with Crippen LogP contribution < -0.4 is 10.2 Å². The SMILES string of the molecule is CNCCC(c1ccccc1)N(C)c1ccc(F)cc1. The average molecular weight is 272 g/mol. The molecular formula is C17H21FN2. The number of halogens is 1. The van der Waals surface area contributed by atoms with Crippen LogP contribution in [0, 0.1) is 5.82 Å². The summed E-state index contributed by atoms with van der Waals surface area (Å²) in [5.41, 5.74) is 2.30. The molecule has 0 saturated heterocycles. The Bertz CT molecular complexity index is 510. The molecule has 0 aliphatic rings. The summed E-state index contributed by atoms with van der Waals surface area (Å²) >= 11 is 0. The molecule has 3 heteroatoms. The molecule has 0 aromatic heterocycles. The fourth-order valence-electron chi connectivity index (χ4n) is 2.40. The van der Waals surface area contributed by atoms with Crippen molar-refractivity contribution in [2.24, 2.45) is 0 Å². The molecule has 2 nitrogen and oxygen atoms in total. The van der Waals surface area contributed by atoms with Gasteiger partial charge in [-0.05, 0) is 49.8 Å². The maximum absolute atomic E-state index is 13.0. The molecule has 0 radical (unpaired) electrons. The summed E-state index contributed by atoms with van der Waals surface area (Å²) < 4.78 is 13.0. The van der Waals surface area contributed by atoms with Crippen LogP contribution in [0.1, 0.15) is 18.0 Å².